The zero-order chi connectivity index (χ0) is 13.0. The minimum atomic E-state index is 0.0195. The van der Waals surface area contributed by atoms with E-state index in [1.807, 2.05) is 11.8 Å². The standard InChI is InChI=1S/C13H23N3O2/c1-2-14-12(17)10-5-8-16(9-6-10)13(18)11-4-3-7-15-11/h10-11,15H,2-9H2,1H3,(H,14,17). The number of nitrogens with zero attached hydrogens (tertiary/aromatic N) is 1. The maximum atomic E-state index is 12.2. The monoisotopic (exact) mass is 253 g/mol. The highest BCUT2D eigenvalue weighted by Crippen LogP contribution is 2.19. The number of likely N-dealkylation sites (tertiary alicyclic amines) is 1. The van der Waals surface area contributed by atoms with Crippen LogP contribution in [-0.2, 0) is 9.59 Å². The first-order valence-electron chi connectivity index (χ1n) is 7.02. The van der Waals surface area contributed by atoms with Crippen LogP contribution in [0, 0.1) is 5.92 Å². The van der Waals surface area contributed by atoms with E-state index in [9.17, 15) is 9.59 Å². The fourth-order valence-electron chi connectivity index (χ4n) is 2.80. The average molecular weight is 253 g/mol. The third-order valence-corrected chi connectivity index (χ3v) is 3.89. The van der Waals surface area contributed by atoms with Gasteiger partial charge in [0.2, 0.25) is 11.8 Å². The van der Waals surface area contributed by atoms with Gasteiger partial charge in [0.15, 0.2) is 0 Å². The molecule has 2 aliphatic heterocycles. The Hall–Kier alpha value is -1.10. The quantitative estimate of drug-likeness (QED) is 0.750. The number of rotatable bonds is 3. The molecule has 5 heteroatoms. The zero-order valence-electron chi connectivity index (χ0n) is 11.1. The van der Waals surface area contributed by atoms with Gasteiger partial charge in [0.1, 0.15) is 0 Å². The molecule has 2 saturated heterocycles. The van der Waals surface area contributed by atoms with Gasteiger partial charge in [-0.25, -0.2) is 0 Å². The second-order valence-corrected chi connectivity index (χ2v) is 5.14. The van der Waals surface area contributed by atoms with Crippen molar-refractivity contribution in [2.24, 2.45) is 5.92 Å². The van der Waals surface area contributed by atoms with Gasteiger partial charge < -0.3 is 15.5 Å². The summed E-state index contributed by atoms with van der Waals surface area (Å²) in [6, 6.07) is 0.0195. The predicted octanol–water partition coefficient (Wildman–Crippen LogP) is 0.113. The minimum Gasteiger partial charge on any atom is -0.356 e. The first kappa shape index (κ1) is 13.3. The van der Waals surface area contributed by atoms with Crippen molar-refractivity contribution < 1.29 is 9.59 Å². The van der Waals surface area contributed by atoms with Gasteiger partial charge >= 0.3 is 0 Å². The van der Waals surface area contributed by atoms with E-state index in [0.29, 0.717) is 6.54 Å². The molecule has 1 unspecified atom stereocenters. The van der Waals surface area contributed by atoms with Gasteiger partial charge in [-0.2, -0.15) is 0 Å². The summed E-state index contributed by atoms with van der Waals surface area (Å²) < 4.78 is 0. The van der Waals surface area contributed by atoms with E-state index in [4.69, 9.17) is 0 Å². The molecular weight excluding hydrogens is 230 g/mol. The van der Waals surface area contributed by atoms with E-state index in [1.165, 1.54) is 0 Å². The largest absolute Gasteiger partial charge is 0.356 e. The van der Waals surface area contributed by atoms with E-state index >= 15 is 0 Å². The van der Waals surface area contributed by atoms with Crippen LogP contribution in [0.5, 0.6) is 0 Å². The molecule has 5 nitrogen and oxygen atoms in total. The molecular formula is C13H23N3O2. The highest BCUT2D eigenvalue weighted by molar-refractivity contribution is 5.83. The Morgan fingerprint density at radius 3 is 2.56 bits per heavy atom. The lowest BCUT2D eigenvalue weighted by Crippen LogP contribution is -2.48. The van der Waals surface area contributed by atoms with Crippen molar-refractivity contribution in [3.05, 3.63) is 0 Å². The van der Waals surface area contributed by atoms with E-state index in [2.05, 4.69) is 10.6 Å². The Bertz CT molecular complexity index is 305. The van der Waals surface area contributed by atoms with Crippen LogP contribution in [0.1, 0.15) is 32.6 Å². The zero-order valence-corrected chi connectivity index (χ0v) is 11.1. The molecule has 2 N–H and O–H groups in total. The highest BCUT2D eigenvalue weighted by Gasteiger charge is 2.31. The van der Waals surface area contributed by atoms with Crippen LogP contribution < -0.4 is 10.6 Å². The van der Waals surface area contributed by atoms with Crippen LogP contribution in [0.4, 0.5) is 0 Å². The summed E-state index contributed by atoms with van der Waals surface area (Å²) in [7, 11) is 0. The molecule has 2 heterocycles. The van der Waals surface area contributed by atoms with Crippen molar-refractivity contribution in [3.8, 4) is 0 Å². The number of piperidine rings is 1. The van der Waals surface area contributed by atoms with Gasteiger partial charge in [-0.05, 0) is 39.2 Å². The molecule has 2 fully saturated rings. The van der Waals surface area contributed by atoms with Gasteiger partial charge in [0.25, 0.3) is 0 Å². The molecule has 0 aromatic heterocycles. The fourth-order valence-corrected chi connectivity index (χ4v) is 2.80. The lowest BCUT2D eigenvalue weighted by molar-refractivity contribution is -0.137. The first-order chi connectivity index (χ1) is 8.72. The third-order valence-electron chi connectivity index (χ3n) is 3.89. The predicted molar refractivity (Wildman–Crippen MR) is 69.0 cm³/mol. The Morgan fingerprint density at radius 1 is 1.28 bits per heavy atom. The van der Waals surface area contributed by atoms with Crippen LogP contribution in [0.25, 0.3) is 0 Å². The second-order valence-electron chi connectivity index (χ2n) is 5.14. The molecule has 0 radical (unpaired) electrons. The SMILES string of the molecule is CCNC(=O)C1CCN(C(=O)C2CCCN2)CC1. The van der Waals surface area contributed by atoms with Crippen molar-refractivity contribution in [2.45, 2.75) is 38.6 Å². The molecule has 2 rings (SSSR count). The Labute approximate surface area is 108 Å². The van der Waals surface area contributed by atoms with Crippen LogP contribution in [0.15, 0.2) is 0 Å². The molecule has 18 heavy (non-hydrogen) atoms. The number of carbonyl (C=O) groups is 2. The summed E-state index contributed by atoms with van der Waals surface area (Å²) >= 11 is 0. The van der Waals surface area contributed by atoms with Crippen molar-refractivity contribution >= 4 is 11.8 Å². The van der Waals surface area contributed by atoms with Crippen molar-refractivity contribution in [2.75, 3.05) is 26.2 Å². The summed E-state index contributed by atoms with van der Waals surface area (Å²) in [5, 5.41) is 6.10. The summed E-state index contributed by atoms with van der Waals surface area (Å²) in [5.74, 6) is 0.455. The molecule has 0 aromatic rings. The second kappa shape index (κ2) is 6.18. The third kappa shape index (κ3) is 3.02. The van der Waals surface area contributed by atoms with Crippen LogP contribution in [0.2, 0.25) is 0 Å². The van der Waals surface area contributed by atoms with Gasteiger partial charge in [-0.1, -0.05) is 0 Å². The summed E-state index contributed by atoms with van der Waals surface area (Å²) in [4.78, 5) is 25.8. The molecule has 2 amide bonds. The molecule has 0 aliphatic carbocycles. The first-order valence-corrected chi connectivity index (χ1v) is 7.02. The average Bonchev–Trinajstić information content (AvgIpc) is 2.92. The summed E-state index contributed by atoms with van der Waals surface area (Å²) in [5.41, 5.74) is 0. The molecule has 0 bridgehead atoms. The van der Waals surface area contributed by atoms with Crippen LogP contribution >= 0.6 is 0 Å². The minimum absolute atomic E-state index is 0.0195. The van der Waals surface area contributed by atoms with E-state index < -0.39 is 0 Å². The molecule has 0 saturated carbocycles. The molecule has 1 atom stereocenters. The Balaban J connectivity index is 1.79. The van der Waals surface area contributed by atoms with Gasteiger partial charge in [0.05, 0.1) is 6.04 Å². The molecule has 0 aromatic carbocycles. The number of amides is 2. The van der Waals surface area contributed by atoms with Crippen molar-refractivity contribution in [1.82, 2.24) is 15.5 Å². The number of hydrogen-bond donors (Lipinski definition) is 2. The van der Waals surface area contributed by atoms with Crippen LogP contribution in [0.3, 0.4) is 0 Å². The fraction of sp³-hybridized carbons (Fsp3) is 0.846. The van der Waals surface area contributed by atoms with Crippen molar-refractivity contribution in [1.29, 1.82) is 0 Å². The van der Waals surface area contributed by atoms with E-state index in [-0.39, 0.29) is 23.8 Å². The topological polar surface area (TPSA) is 61.4 Å². The van der Waals surface area contributed by atoms with Gasteiger partial charge in [0, 0.05) is 25.6 Å². The number of hydrogen-bond acceptors (Lipinski definition) is 3. The smallest absolute Gasteiger partial charge is 0.239 e. The van der Waals surface area contributed by atoms with Gasteiger partial charge in [-0.15, -0.1) is 0 Å². The summed E-state index contributed by atoms with van der Waals surface area (Å²) in [6.45, 7) is 5.01. The lowest BCUT2D eigenvalue weighted by atomic mass is 9.95. The summed E-state index contributed by atoms with van der Waals surface area (Å²) in [6.07, 6.45) is 3.63. The maximum absolute atomic E-state index is 12.2. The normalized spacial score (nSPS) is 25.2. The number of carbonyl (C=O) groups excluding carboxylic acids is 2. The Morgan fingerprint density at radius 2 is 2.00 bits per heavy atom. The highest BCUT2D eigenvalue weighted by atomic mass is 16.2. The molecule has 0 spiro atoms. The van der Waals surface area contributed by atoms with Crippen molar-refractivity contribution in [3.63, 3.8) is 0 Å². The lowest BCUT2D eigenvalue weighted by Gasteiger charge is -2.32. The Kier molecular flexibility index (Phi) is 4.58. The van der Waals surface area contributed by atoms with Crippen LogP contribution in [-0.4, -0.2) is 48.9 Å². The number of nitrogens with one attached hydrogen (secondary N) is 2. The van der Waals surface area contributed by atoms with E-state index in [1.54, 1.807) is 0 Å². The molecule has 2 aliphatic rings. The van der Waals surface area contributed by atoms with Gasteiger partial charge in [-0.3, -0.25) is 9.59 Å². The maximum Gasteiger partial charge on any atom is 0.239 e. The van der Waals surface area contributed by atoms with E-state index in [0.717, 1.165) is 45.3 Å². The molecule has 102 valence electrons.